The molecular weight excluding hydrogens is 328 g/mol. The molecule has 0 amide bonds. The molecule has 2 fully saturated rings. The van der Waals surface area contributed by atoms with E-state index in [-0.39, 0.29) is 5.41 Å². The summed E-state index contributed by atoms with van der Waals surface area (Å²) in [5.41, 5.74) is 3.90. The third kappa shape index (κ3) is 2.89. The lowest BCUT2D eigenvalue weighted by Crippen LogP contribution is -2.59. The summed E-state index contributed by atoms with van der Waals surface area (Å²) in [5.74, 6) is 2.98. The third-order valence-electron chi connectivity index (χ3n) is 5.94. The average Bonchev–Trinajstić information content (AvgIpc) is 3.13. The summed E-state index contributed by atoms with van der Waals surface area (Å²) >= 11 is 0. The summed E-state index contributed by atoms with van der Waals surface area (Å²) in [4.78, 5) is 14.1. The molecule has 7 heteroatoms. The number of aryl methyl sites for hydroxylation is 3. The number of H-pyrrole nitrogens is 1. The van der Waals surface area contributed by atoms with Crippen LogP contribution in [0.25, 0.3) is 0 Å². The van der Waals surface area contributed by atoms with E-state index in [0.717, 1.165) is 50.1 Å². The van der Waals surface area contributed by atoms with Gasteiger partial charge in [0.25, 0.3) is 0 Å². The second-order valence-corrected chi connectivity index (χ2v) is 8.08. The molecule has 0 radical (unpaired) electrons. The van der Waals surface area contributed by atoms with E-state index >= 15 is 0 Å². The molecule has 2 saturated heterocycles. The van der Waals surface area contributed by atoms with Gasteiger partial charge in [0.15, 0.2) is 5.82 Å². The lowest BCUT2D eigenvalue weighted by molar-refractivity contribution is -0.00974. The van der Waals surface area contributed by atoms with Gasteiger partial charge in [-0.25, -0.2) is 9.97 Å². The predicted octanol–water partition coefficient (Wildman–Crippen LogP) is 1.66. The third-order valence-corrected chi connectivity index (χ3v) is 5.94. The second kappa shape index (κ2) is 6.32. The van der Waals surface area contributed by atoms with Gasteiger partial charge in [-0.05, 0) is 38.9 Å². The number of nitrogens with one attached hydrogen (secondary N) is 1. The average molecular weight is 356 g/mol. The topological polar surface area (TPSA) is 70.2 Å². The molecule has 0 bridgehead atoms. The SMILES string of the molecule is COc1cc(C)c(CN2CC3(CN(C)CC3c3n[nH]c(C)n3)C2)c(C)n1. The van der Waals surface area contributed by atoms with Crippen LogP contribution in [0.15, 0.2) is 6.07 Å². The van der Waals surface area contributed by atoms with Gasteiger partial charge in [-0.2, -0.15) is 5.10 Å². The minimum Gasteiger partial charge on any atom is -0.481 e. The van der Waals surface area contributed by atoms with Crippen LogP contribution >= 0.6 is 0 Å². The fraction of sp³-hybridized carbons (Fsp3) is 0.632. The van der Waals surface area contributed by atoms with E-state index in [1.54, 1.807) is 7.11 Å². The largest absolute Gasteiger partial charge is 0.481 e. The second-order valence-electron chi connectivity index (χ2n) is 8.08. The van der Waals surface area contributed by atoms with Gasteiger partial charge in [0.1, 0.15) is 5.82 Å². The van der Waals surface area contributed by atoms with E-state index in [2.05, 4.69) is 50.9 Å². The van der Waals surface area contributed by atoms with Crippen LogP contribution < -0.4 is 4.74 Å². The highest BCUT2D eigenvalue weighted by atomic mass is 16.5. The lowest BCUT2D eigenvalue weighted by Gasteiger charge is -2.51. The van der Waals surface area contributed by atoms with Crippen LogP contribution in [-0.4, -0.2) is 70.3 Å². The van der Waals surface area contributed by atoms with Gasteiger partial charge in [-0.3, -0.25) is 10.00 Å². The minimum atomic E-state index is 0.269. The van der Waals surface area contributed by atoms with Crippen LogP contribution in [-0.2, 0) is 6.54 Å². The van der Waals surface area contributed by atoms with Crippen LogP contribution in [0, 0.1) is 26.2 Å². The van der Waals surface area contributed by atoms with Gasteiger partial charge in [0, 0.05) is 55.8 Å². The van der Waals surface area contributed by atoms with Crippen LogP contribution in [0.1, 0.15) is 34.4 Å². The van der Waals surface area contributed by atoms with Crippen molar-refractivity contribution in [1.29, 1.82) is 0 Å². The van der Waals surface area contributed by atoms with Crippen LogP contribution in [0.2, 0.25) is 0 Å². The van der Waals surface area contributed by atoms with E-state index in [9.17, 15) is 0 Å². The van der Waals surface area contributed by atoms with Crippen LogP contribution in [0.5, 0.6) is 5.88 Å². The molecule has 1 atom stereocenters. The maximum absolute atomic E-state index is 5.28. The highest BCUT2D eigenvalue weighted by Gasteiger charge is 2.55. The molecule has 4 rings (SSSR count). The van der Waals surface area contributed by atoms with E-state index < -0.39 is 0 Å². The smallest absolute Gasteiger partial charge is 0.213 e. The number of likely N-dealkylation sites (N-methyl/N-ethyl adjacent to an activating group) is 1. The molecule has 1 spiro atoms. The first-order chi connectivity index (χ1) is 12.4. The van der Waals surface area contributed by atoms with Crippen LogP contribution in [0.4, 0.5) is 0 Å². The number of aromatic amines is 1. The summed E-state index contributed by atoms with van der Waals surface area (Å²) in [6.45, 7) is 11.4. The molecule has 2 aromatic rings. The van der Waals surface area contributed by atoms with E-state index in [4.69, 9.17) is 4.74 Å². The number of likely N-dealkylation sites (tertiary alicyclic amines) is 2. The first-order valence-electron chi connectivity index (χ1n) is 9.21. The molecule has 7 nitrogen and oxygen atoms in total. The highest BCUT2D eigenvalue weighted by Crippen LogP contribution is 2.48. The molecule has 2 aliphatic heterocycles. The maximum Gasteiger partial charge on any atom is 0.213 e. The summed E-state index contributed by atoms with van der Waals surface area (Å²) in [6.07, 6.45) is 0. The molecule has 1 N–H and O–H groups in total. The quantitative estimate of drug-likeness (QED) is 0.899. The van der Waals surface area contributed by atoms with E-state index in [0.29, 0.717) is 11.8 Å². The zero-order valence-electron chi connectivity index (χ0n) is 16.3. The number of hydrogen-bond donors (Lipinski definition) is 1. The van der Waals surface area contributed by atoms with Gasteiger partial charge in [-0.15, -0.1) is 0 Å². The monoisotopic (exact) mass is 356 g/mol. The molecular formula is C19H28N6O. The van der Waals surface area contributed by atoms with Gasteiger partial charge >= 0.3 is 0 Å². The molecule has 2 aromatic heterocycles. The van der Waals surface area contributed by atoms with E-state index in [1.165, 1.54) is 11.1 Å². The fourth-order valence-electron chi connectivity index (χ4n) is 4.76. The Morgan fingerprint density at radius 3 is 2.62 bits per heavy atom. The number of ether oxygens (including phenoxy) is 1. The van der Waals surface area contributed by atoms with Crippen molar-refractivity contribution >= 4 is 0 Å². The van der Waals surface area contributed by atoms with Crippen molar-refractivity contribution in [3.63, 3.8) is 0 Å². The fourth-order valence-corrected chi connectivity index (χ4v) is 4.76. The Hall–Kier alpha value is -1.99. The van der Waals surface area contributed by atoms with Crippen LogP contribution in [0.3, 0.4) is 0 Å². The van der Waals surface area contributed by atoms with Crippen molar-refractivity contribution < 1.29 is 4.74 Å². The number of methoxy groups -OCH3 is 1. The standard InChI is InChI=1S/C19H28N6O/c1-12-6-17(26-5)20-13(2)15(12)7-25-10-19(11-25)9-24(4)8-16(19)18-21-14(3)22-23-18/h6,16H,7-11H2,1-5H3,(H,21,22,23). The summed E-state index contributed by atoms with van der Waals surface area (Å²) in [6, 6.07) is 2.03. The minimum absolute atomic E-state index is 0.269. The molecule has 1 unspecified atom stereocenters. The molecule has 0 saturated carbocycles. The summed E-state index contributed by atoms with van der Waals surface area (Å²) in [5, 5.41) is 7.47. The number of aromatic nitrogens is 4. The first kappa shape index (κ1) is 17.4. The summed E-state index contributed by atoms with van der Waals surface area (Å²) < 4.78 is 5.28. The Kier molecular flexibility index (Phi) is 4.23. The first-order valence-corrected chi connectivity index (χ1v) is 9.21. The Morgan fingerprint density at radius 2 is 2.00 bits per heavy atom. The predicted molar refractivity (Wildman–Crippen MR) is 99.3 cm³/mol. The molecule has 4 heterocycles. The van der Waals surface area contributed by atoms with Crippen molar-refractivity contribution in [2.45, 2.75) is 33.2 Å². The van der Waals surface area contributed by atoms with Crippen molar-refractivity contribution in [2.24, 2.45) is 5.41 Å². The van der Waals surface area contributed by atoms with E-state index in [1.807, 2.05) is 13.0 Å². The molecule has 140 valence electrons. The van der Waals surface area contributed by atoms with Crippen molar-refractivity contribution in [3.05, 3.63) is 34.5 Å². The normalized spacial score (nSPS) is 22.7. The molecule has 0 aliphatic carbocycles. The number of nitrogens with zero attached hydrogens (tertiary/aromatic N) is 5. The Balaban J connectivity index is 1.49. The highest BCUT2D eigenvalue weighted by molar-refractivity contribution is 5.34. The Labute approximate surface area is 154 Å². The Morgan fingerprint density at radius 1 is 1.23 bits per heavy atom. The maximum atomic E-state index is 5.28. The van der Waals surface area contributed by atoms with Gasteiger partial charge in [0.2, 0.25) is 5.88 Å². The molecule has 26 heavy (non-hydrogen) atoms. The molecule has 2 aliphatic rings. The van der Waals surface area contributed by atoms with Crippen molar-refractivity contribution in [3.8, 4) is 5.88 Å². The lowest BCUT2D eigenvalue weighted by atomic mass is 9.71. The molecule has 0 aromatic carbocycles. The number of rotatable bonds is 4. The number of pyridine rings is 1. The Bertz CT molecular complexity index is 787. The van der Waals surface area contributed by atoms with Crippen molar-refractivity contribution in [2.75, 3.05) is 40.3 Å². The number of hydrogen-bond acceptors (Lipinski definition) is 6. The van der Waals surface area contributed by atoms with Gasteiger partial charge < -0.3 is 9.64 Å². The van der Waals surface area contributed by atoms with Gasteiger partial charge in [-0.1, -0.05) is 0 Å². The zero-order valence-corrected chi connectivity index (χ0v) is 16.3. The zero-order chi connectivity index (χ0) is 18.5. The summed E-state index contributed by atoms with van der Waals surface area (Å²) in [7, 11) is 3.87. The van der Waals surface area contributed by atoms with Gasteiger partial charge in [0.05, 0.1) is 7.11 Å². The van der Waals surface area contributed by atoms with Crippen molar-refractivity contribution in [1.82, 2.24) is 30.0 Å².